The number of primary amides is 1. The highest BCUT2D eigenvalue weighted by atomic mass is 35.5. The molecule has 0 saturated carbocycles. The van der Waals surface area contributed by atoms with Crippen molar-refractivity contribution in [3.63, 3.8) is 0 Å². The van der Waals surface area contributed by atoms with Gasteiger partial charge in [-0.05, 0) is 23.6 Å². The van der Waals surface area contributed by atoms with E-state index in [2.05, 4.69) is 10.3 Å². The van der Waals surface area contributed by atoms with E-state index in [0.717, 1.165) is 15.8 Å². The van der Waals surface area contributed by atoms with Gasteiger partial charge in [-0.1, -0.05) is 47.5 Å². The minimum atomic E-state index is -0.533. The fourth-order valence-electron chi connectivity index (χ4n) is 3.37. The molecule has 0 bridgehead atoms. The van der Waals surface area contributed by atoms with E-state index < -0.39 is 11.8 Å². The molecule has 0 saturated heterocycles. The van der Waals surface area contributed by atoms with Gasteiger partial charge >= 0.3 is 0 Å². The maximum Gasteiger partial charge on any atom is 0.268 e. The van der Waals surface area contributed by atoms with Gasteiger partial charge in [0.15, 0.2) is 0 Å². The topological polar surface area (TPSA) is 88.0 Å². The number of hydrogen-bond acceptors (Lipinski definition) is 3. The number of benzene rings is 1. The van der Waals surface area contributed by atoms with Gasteiger partial charge in [0.05, 0.1) is 21.2 Å². The Morgan fingerprint density at radius 1 is 1.28 bits per heavy atom. The zero-order valence-corrected chi connectivity index (χ0v) is 15.1. The first-order chi connectivity index (χ1) is 12.0. The molecule has 128 valence electrons. The van der Waals surface area contributed by atoms with Crippen LogP contribution in [0.15, 0.2) is 30.3 Å². The number of thiophene rings is 1. The largest absolute Gasteiger partial charge is 0.369 e. The minimum Gasteiger partial charge on any atom is -0.369 e. The summed E-state index contributed by atoms with van der Waals surface area (Å²) in [7, 11) is 0. The van der Waals surface area contributed by atoms with Crippen LogP contribution >= 0.6 is 34.5 Å². The van der Waals surface area contributed by atoms with E-state index in [0.29, 0.717) is 27.0 Å². The predicted octanol–water partition coefficient (Wildman–Crippen LogP) is 3.46. The molecule has 2 amide bonds. The summed E-state index contributed by atoms with van der Waals surface area (Å²) in [6.07, 6.45) is 0.567. The van der Waals surface area contributed by atoms with Crippen LogP contribution in [-0.4, -0.2) is 22.8 Å². The van der Waals surface area contributed by atoms with Gasteiger partial charge in [-0.2, -0.15) is 0 Å². The van der Waals surface area contributed by atoms with Crippen molar-refractivity contribution in [2.75, 3.05) is 0 Å². The van der Waals surface area contributed by atoms with Crippen molar-refractivity contribution in [2.24, 2.45) is 5.73 Å². The van der Waals surface area contributed by atoms with Gasteiger partial charge in [0, 0.05) is 6.04 Å². The number of hydrogen-bond donors (Lipinski definition) is 3. The van der Waals surface area contributed by atoms with E-state index in [1.807, 2.05) is 24.3 Å². The lowest BCUT2D eigenvalue weighted by Gasteiger charge is -2.18. The molecule has 1 aliphatic carbocycles. The van der Waals surface area contributed by atoms with Gasteiger partial charge in [0.2, 0.25) is 5.91 Å². The molecule has 8 heteroatoms. The van der Waals surface area contributed by atoms with Crippen LogP contribution in [0.25, 0.3) is 10.2 Å². The normalized spacial score (nSPS) is 19.1. The average Bonchev–Trinajstić information content (AvgIpc) is 3.21. The highest BCUT2D eigenvalue weighted by Crippen LogP contribution is 2.39. The van der Waals surface area contributed by atoms with Crippen molar-refractivity contribution in [1.29, 1.82) is 0 Å². The summed E-state index contributed by atoms with van der Waals surface area (Å²) in [4.78, 5) is 27.5. The van der Waals surface area contributed by atoms with Crippen LogP contribution in [0.4, 0.5) is 0 Å². The summed E-state index contributed by atoms with van der Waals surface area (Å²) >= 11 is 13.4. The van der Waals surface area contributed by atoms with Crippen LogP contribution in [0.1, 0.15) is 27.5 Å². The highest BCUT2D eigenvalue weighted by Gasteiger charge is 2.37. The number of aromatic amines is 1. The number of nitrogens with two attached hydrogens (primary N) is 1. The Balaban J connectivity index is 1.60. The Hall–Kier alpha value is -2.02. The summed E-state index contributed by atoms with van der Waals surface area (Å²) < 4.78 is 1.29. The van der Waals surface area contributed by atoms with Crippen molar-refractivity contribution in [2.45, 2.75) is 18.4 Å². The molecule has 4 N–H and O–H groups in total. The molecule has 0 radical (unpaired) electrons. The molecule has 0 fully saturated rings. The van der Waals surface area contributed by atoms with Crippen LogP contribution in [0, 0.1) is 0 Å². The Labute approximate surface area is 157 Å². The lowest BCUT2D eigenvalue weighted by atomic mass is 9.97. The zero-order valence-electron chi connectivity index (χ0n) is 12.8. The van der Waals surface area contributed by atoms with E-state index in [-0.39, 0.29) is 11.9 Å². The summed E-state index contributed by atoms with van der Waals surface area (Å²) in [5, 5.41) is 3.32. The predicted molar refractivity (Wildman–Crippen MR) is 99.5 cm³/mol. The number of aromatic nitrogens is 1. The van der Waals surface area contributed by atoms with E-state index in [9.17, 15) is 9.59 Å². The van der Waals surface area contributed by atoms with Crippen LogP contribution in [0.5, 0.6) is 0 Å². The van der Waals surface area contributed by atoms with Crippen LogP contribution in [0.3, 0.4) is 0 Å². The van der Waals surface area contributed by atoms with Gasteiger partial charge in [-0.25, -0.2) is 0 Å². The molecular formula is C17H13Cl2N3O2S. The van der Waals surface area contributed by atoms with Gasteiger partial charge in [0.25, 0.3) is 5.91 Å². The third-order valence-corrected chi connectivity index (χ3v) is 6.41. The summed E-state index contributed by atoms with van der Waals surface area (Å²) in [5.41, 5.74) is 8.49. The second-order valence-corrected chi connectivity index (χ2v) is 8.01. The first-order valence-electron chi connectivity index (χ1n) is 7.60. The van der Waals surface area contributed by atoms with Crippen molar-refractivity contribution in [3.05, 3.63) is 56.5 Å². The molecule has 0 spiro atoms. The summed E-state index contributed by atoms with van der Waals surface area (Å²) in [6, 6.07) is 8.93. The van der Waals surface area contributed by atoms with Gasteiger partial charge < -0.3 is 16.0 Å². The number of fused-ring (bicyclic) bond motifs is 2. The number of halogens is 2. The van der Waals surface area contributed by atoms with Gasteiger partial charge in [-0.3, -0.25) is 9.59 Å². The number of H-pyrrole nitrogens is 1. The second kappa shape index (κ2) is 6.05. The summed E-state index contributed by atoms with van der Waals surface area (Å²) in [5.74, 6) is -1.29. The highest BCUT2D eigenvalue weighted by molar-refractivity contribution is 7.23. The summed E-state index contributed by atoms with van der Waals surface area (Å²) in [6.45, 7) is 0. The Morgan fingerprint density at radius 3 is 2.76 bits per heavy atom. The number of carbonyl (C=O) groups excluding carboxylic acids is 2. The molecule has 2 aromatic heterocycles. The zero-order chi connectivity index (χ0) is 17.7. The molecule has 25 heavy (non-hydrogen) atoms. The standard InChI is InChI=1S/C17H13Cl2N3O2S/c18-13-14-11(25-15(13)19)6-10(21-14)17(24)22-9-5-7-3-1-2-4-8(7)12(9)16(20)23/h1-4,6,9,12,21H,5H2,(H2,20,23)(H,22,24)/t9-,12+/m1/s1. The molecule has 2 heterocycles. The molecular weight excluding hydrogens is 381 g/mol. The monoisotopic (exact) mass is 393 g/mol. The fraction of sp³-hybridized carbons (Fsp3) is 0.176. The lowest BCUT2D eigenvalue weighted by Crippen LogP contribution is -2.42. The molecule has 3 aromatic rings. The molecule has 4 rings (SSSR count). The van der Waals surface area contributed by atoms with E-state index in [4.69, 9.17) is 28.9 Å². The molecule has 1 aliphatic rings. The van der Waals surface area contributed by atoms with Crippen molar-refractivity contribution in [1.82, 2.24) is 10.3 Å². The average molecular weight is 394 g/mol. The van der Waals surface area contributed by atoms with E-state index in [1.165, 1.54) is 11.3 Å². The smallest absolute Gasteiger partial charge is 0.268 e. The molecule has 2 atom stereocenters. The van der Waals surface area contributed by atoms with E-state index >= 15 is 0 Å². The molecule has 0 aliphatic heterocycles. The second-order valence-electron chi connectivity index (χ2n) is 5.97. The number of rotatable bonds is 3. The molecule has 1 aromatic carbocycles. The quantitative estimate of drug-likeness (QED) is 0.635. The number of carbonyl (C=O) groups is 2. The SMILES string of the molecule is NC(=O)[C@H]1c2ccccc2C[C@H]1NC(=O)c1cc2sc(Cl)c(Cl)c2[nH]1. The Kier molecular flexibility index (Phi) is 3.98. The Morgan fingerprint density at radius 2 is 2.04 bits per heavy atom. The minimum absolute atomic E-state index is 0.306. The third kappa shape index (κ3) is 2.70. The van der Waals surface area contributed by atoms with Gasteiger partial charge in [0.1, 0.15) is 10.0 Å². The van der Waals surface area contributed by atoms with Crippen molar-refractivity contribution < 1.29 is 9.59 Å². The lowest BCUT2D eigenvalue weighted by molar-refractivity contribution is -0.119. The van der Waals surface area contributed by atoms with Crippen LogP contribution in [-0.2, 0) is 11.2 Å². The fourth-order valence-corrected chi connectivity index (χ4v) is 4.85. The maximum absolute atomic E-state index is 12.6. The van der Waals surface area contributed by atoms with Crippen LogP contribution in [0.2, 0.25) is 9.36 Å². The third-order valence-electron chi connectivity index (χ3n) is 4.47. The number of nitrogens with one attached hydrogen (secondary N) is 2. The van der Waals surface area contributed by atoms with Crippen molar-refractivity contribution >= 4 is 56.6 Å². The molecule has 5 nitrogen and oxygen atoms in total. The van der Waals surface area contributed by atoms with E-state index in [1.54, 1.807) is 6.07 Å². The van der Waals surface area contributed by atoms with Gasteiger partial charge in [-0.15, -0.1) is 11.3 Å². The first kappa shape index (κ1) is 16.4. The van der Waals surface area contributed by atoms with Crippen molar-refractivity contribution in [3.8, 4) is 0 Å². The maximum atomic E-state index is 12.6. The first-order valence-corrected chi connectivity index (χ1v) is 9.17. The number of amides is 2. The molecule has 0 unspecified atom stereocenters. The Bertz CT molecular complexity index is 1010. The van der Waals surface area contributed by atoms with Crippen LogP contribution < -0.4 is 11.1 Å².